The number of piperidine rings is 1. The maximum Gasteiger partial charge on any atom is 0.273 e. The van der Waals surface area contributed by atoms with Gasteiger partial charge in [0.15, 0.2) is 0 Å². The number of thiazole rings is 1. The average molecular weight is 417 g/mol. The third-order valence-electron chi connectivity index (χ3n) is 5.82. The number of carbonyl (C=O) groups is 2. The highest BCUT2D eigenvalue weighted by atomic mass is 32.1. The molecule has 1 atom stereocenters. The van der Waals surface area contributed by atoms with E-state index in [1.807, 2.05) is 28.4 Å². The van der Waals surface area contributed by atoms with Gasteiger partial charge in [-0.1, -0.05) is 0 Å². The van der Waals surface area contributed by atoms with Gasteiger partial charge in [0.2, 0.25) is 5.91 Å². The minimum absolute atomic E-state index is 0.0352. The number of hydrogen-bond donors (Lipinski definition) is 0. The van der Waals surface area contributed by atoms with Crippen LogP contribution in [0, 0.1) is 0 Å². The Morgan fingerprint density at radius 1 is 1.17 bits per heavy atom. The van der Waals surface area contributed by atoms with Gasteiger partial charge in [-0.15, -0.1) is 11.3 Å². The minimum atomic E-state index is -0.0352. The van der Waals surface area contributed by atoms with Crippen molar-refractivity contribution in [2.75, 3.05) is 39.3 Å². The summed E-state index contributed by atoms with van der Waals surface area (Å²) in [5, 5.41) is 6.78. The summed E-state index contributed by atoms with van der Waals surface area (Å²) in [6, 6.07) is 0.345. The highest BCUT2D eigenvalue weighted by Gasteiger charge is 2.28. The molecule has 0 saturated carbocycles. The van der Waals surface area contributed by atoms with Crippen LogP contribution in [-0.2, 0) is 11.8 Å². The zero-order valence-electron chi connectivity index (χ0n) is 17.1. The summed E-state index contributed by atoms with van der Waals surface area (Å²) in [6.07, 6.45) is 7.07. The molecule has 8 nitrogen and oxygen atoms in total. The molecule has 0 spiro atoms. The van der Waals surface area contributed by atoms with Crippen molar-refractivity contribution in [3.63, 3.8) is 0 Å². The number of amides is 2. The van der Waals surface area contributed by atoms with E-state index in [4.69, 9.17) is 0 Å². The number of carbonyl (C=O) groups excluding carboxylic acids is 2. The third kappa shape index (κ3) is 4.51. The van der Waals surface area contributed by atoms with Crippen molar-refractivity contribution in [3.8, 4) is 10.6 Å². The second-order valence-electron chi connectivity index (χ2n) is 7.94. The van der Waals surface area contributed by atoms with Crippen molar-refractivity contribution in [3.05, 3.63) is 23.5 Å². The van der Waals surface area contributed by atoms with Gasteiger partial charge in [0, 0.05) is 63.0 Å². The van der Waals surface area contributed by atoms with E-state index in [2.05, 4.69) is 21.9 Å². The standard InChI is InChI=1S/C20H28N6O2S/c1-15-5-3-4-6-26(15)18(27)13-24-7-9-25(10-8-24)20(28)17-14-29-19(22-17)16-11-21-23(2)12-16/h11-12,14-15H,3-10,13H2,1-2H3. The Morgan fingerprint density at radius 3 is 2.66 bits per heavy atom. The lowest BCUT2D eigenvalue weighted by molar-refractivity contribution is -0.136. The summed E-state index contributed by atoms with van der Waals surface area (Å²) >= 11 is 1.46. The van der Waals surface area contributed by atoms with Gasteiger partial charge in [0.05, 0.1) is 12.7 Å². The van der Waals surface area contributed by atoms with E-state index < -0.39 is 0 Å². The Kier molecular flexibility index (Phi) is 5.96. The van der Waals surface area contributed by atoms with Crippen LogP contribution in [-0.4, -0.2) is 86.6 Å². The van der Waals surface area contributed by atoms with Crippen LogP contribution in [0.5, 0.6) is 0 Å². The van der Waals surface area contributed by atoms with Gasteiger partial charge in [-0.3, -0.25) is 19.2 Å². The van der Waals surface area contributed by atoms with Gasteiger partial charge in [0.1, 0.15) is 10.7 Å². The minimum Gasteiger partial charge on any atom is -0.339 e. The Morgan fingerprint density at radius 2 is 1.97 bits per heavy atom. The number of aryl methyl sites for hydroxylation is 1. The summed E-state index contributed by atoms with van der Waals surface area (Å²) in [6.45, 7) is 6.17. The van der Waals surface area contributed by atoms with E-state index >= 15 is 0 Å². The Bertz CT molecular complexity index is 870. The molecular weight excluding hydrogens is 388 g/mol. The first-order valence-electron chi connectivity index (χ1n) is 10.3. The topological polar surface area (TPSA) is 74.6 Å². The molecule has 2 aliphatic rings. The summed E-state index contributed by atoms with van der Waals surface area (Å²) in [7, 11) is 1.86. The Hall–Kier alpha value is -2.26. The SMILES string of the molecule is CC1CCCCN1C(=O)CN1CCN(C(=O)c2csc(-c3cnn(C)c3)n2)CC1. The van der Waals surface area contributed by atoms with E-state index in [-0.39, 0.29) is 11.8 Å². The first-order valence-corrected chi connectivity index (χ1v) is 11.1. The molecule has 2 saturated heterocycles. The highest BCUT2D eigenvalue weighted by molar-refractivity contribution is 7.13. The molecule has 2 fully saturated rings. The molecule has 4 heterocycles. The molecule has 9 heteroatoms. The number of likely N-dealkylation sites (tertiary alicyclic amines) is 1. The number of hydrogen-bond acceptors (Lipinski definition) is 6. The number of aromatic nitrogens is 3. The van der Waals surface area contributed by atoms with Crippen LogP contribution >= 0.6 is 11.3 Å². The summed E-state index contributed by atoms with van der Waals surface area (Å²) < 4.78 is 1.73. The highest BCUT2D eigenvalue weighted by Crippen LogP contribution is 2.24. The summed E-state index contributed by atoms with van der Waals surface area (Å²) in [5.74, 6) is 0.185. The molecule has 0 radical (unpaired) electrons. The van der Waals surface area contributed by atoms with Crippen LogP contribution < -0.4 is 0 Å². The van der Waals surface area contributed by atoms with E-state index in [9.17, 15) is 9.59 Å². The van der Waals surface area contributed by atoms with E-state index in [0.717, 1.165) is 43.0 Å². The van der Waals surface area contributed by atoms with Crippen molar-refractivity contribution < 1.29 is 9.59 Å². The smallest absolute Gasteiger partial charge is 0.273 e. The van der Waals surface area contributed by atoms with Gasteiger partial charge in [-0.25, -0.2) is 4.98 Å². The molecule has 0 aliphatic carbocycles. The maximum atomic E-state index is 12.8. The Labute approximate surface area is 175 Å². The largest absolute Gasteiger partial charge is 0.339 e. The monoisotopic (exact) mass is 416 g/mol. The van der Waals surface area contributed by atoms with Crippen molar-refractivity contribution in [2.24, 2.45) is 7.05 Å². The van der Waals surface area contributed by atoms with E-state index in [1.54, 1.807) is 10.9 Å². The summed E-state index contributed by atoms with van der Waals surface area (Å²) in [5.41, 5.74) is 1.41. The second-order valence-corrected chi connectivity index (χ2v) is 8.80. The van der Waals surface area contributed by atoms with Gasteiger partial charge in [-0.05, 0) is 26.2 Å². The van der Waals surface area contributed by atoms with Gasteiger partial charge in [0.25, 0.3) is 5.91 Å². The van der Waals surface area contributed by atoms with Gasteiger partial charge < -0.3 is 9.80 Å². The summed E-state index contributed by atoms with van der Waals surface area (Å²) in [4.78, 5) is 36.0. The molecule has 29 heavy (non-hydrogen) atoms. The van der Waals surface area contributed by atoms with Crippen molar-refractivity contribution >= 4 is 23.2 Å². The Balaban J connectivity index is 1.30. The second kappa shape index (κ2) is 8.62. The van der Waals surface area contributed by atoms with Crippen molar-refractivity contribution in [1.82, 2.24) is 29.5 Å². The molecule has 0 N–H and O–H groups in total. The molecule has 4 rings (SSSR count). The fourth-order valence-electron chi connectivity index (χ4n) is 4.06. The molecule has 156 valence electrons. The zero-order chi connectivity index (χ0) is 20.4. The fourth-order valence-corrected chi connectivity index (χ4v) is 4.83. The van der Waals surface area contributed by atoms with Crippen LogP contribution in [0.15, 0.2) is 17.8 Å². The molecule has 2 aliphatic heterocycles. The molecule has 2 aromatic heterocycles. The normalized spacial score (nSPS) is 20.8. The van der Waals surface area contributed by atoms with Crippen LogP contribution in [0.3, 0.4) is 0 Å². The number of nitrogens with zero attached hydrogens (tertiary/aromatic N) is 6. The van der Waals surface area contributed by atoms with Gasteiger partial charge >= 0.3 is 0 Å². The maximum absolute atomic E-state index is 12.8. The van der Waals surface area contributed by atoms with E-state index in [0.29, 0.717) is 31.4 Å². The first-order chi connectivity index (χ1) is 14.0. The van der Waals surface area contributed by atoms with Crippen LogP contribution in [0.4, 0.5) is 0 Å². The first kappa shape index (κ1) is 20.0. The molecule has 2 amide bonds. The fraction of sp³-hybridized carbons (Fsp3) is 0.600. The van der Waals surface area contributed by atoms with Crippen LogP contribution in [0.1, 0.15) is 36.7 Å². The predicted octanol–water partition coefficient (Wildman–Crippen LogP) is 1.70. The quantitative estimate of drug-likeness (QED) is 0.759. The molecular formula is C20H28N6O2S. The molecule has 1 unspecified atom stereocenters. The molecule has 0 bridgehead atoms. The third-order valence-corrected chi connectivity index (χ3v) is 6.71. The van der Waals surface area contributed by atoms with Crippen molar-refractivity contribution in [2.45, 2.75) is 32.2 Å². The number of rotatable bonds is 4. The van der Waals surface area contributed by atoms with E-state index in [1.165, 1.54) is 17.8 Å². The van der Waals surface area contributed by atoms with Crippen LogP contribution in [0.25, 0.3) is 10.6 Å². The van der Waals surface area contributed by atoms with Crippen LogP contribution in [0.2, 0.25) is 0 Å². The van der Waals surface area contributed by atoms with Crippen molar-refractivity contribution in [1.29, 1.82) is 0 Å². The number of piperazine rings is 1. The average Bonchev–Trinajstić information content (AvgIpc) is 3.37. The predicted molar refractivity (Wildman–Crippen MR) is 112 cm³/mol. The molecule has 0 aromatic carbocycles. The molecule has 2 aromatic rings. The zero-order valence-corrected chi connectivity index (χ0v) is 17.9. The lowest BCUT2D eigenvalue weighted by Gasteiger charge is -2.37. The lowest BCUT2D eigenvalue weighted by atomic mass is 10.0. The van der Waals surface area contributed by atoms with Gasteiger partial charge in [-0.2, -0.15) is 5.10 Å². The lowest BCUT2D eigenvalue weighted by Crippen LogP contribution is -2.53.